The Morgan fingerprint density at radius 3 is 2.71 bits per heavy atom. The van der Waals surface area contributed by atoms with Crippen molar-refractivity contribution in [3.63, 3.8) is 0 Å². The Balaban J connectivity index is 1.45. The summed E-state index contributed by atoms with van der Waals surface area (Å²) in [7, 11) is 0. The Hall–Kier alpha value is -4.60. The lowest BCUT2D eigenvalue weighted by molar-refractivity contribution is -0.384. The zero-order valence-corrected chi connectivity index (χ0v) is 18.2. The molecule has 0 aliphatic heterocycles. The average Bonchev–Trinajstić information content (AvgIpc) is 3.38. The molecule has 0 radical (unpaired) electrons. The second kappa shape index (κ2) is 9.90. The van der Waals surface area contributed by atoms with E-state index in [1.54, 1.807) is 41.4 Å². The van der Waals surface area contributed by atoms with Crippen LogP contribution in [0, 0.1) is 15.9 Å². The highest BCUT2D eigenvalue weighted by Gasteiger charge is 2.20. The van der Waals surface area contributed by atoms with Crippen molar-refractivity contribution in [1.82, 2.24) is 19.9 Å². The molecule has 2 aromatic carbocycles. The maximum absolute atomic E-state index is 14.4. The molecule has 0 fully saturated rings. The van der Waals surface area contributed by atoms with E-state index in [0.29, 0.717) is 11.3 Å². The van der Waals surface area contributed by atoms with E-state index in [1.807, 2.05) is 19.1 Å². The molecule has 34 heavy (non-hydrogen) atoms. The average molecular weight is 460 g/mol. The minimum atomic E-state index is -0.547. The van der Waals surface area contributed by atoms with Crippen molar-refractivity contribution >= 4 is 17.3 Å². The first kappa shape index (κ1) is 22.6. The van der Waals surface area contributed by atoms with E-state index in [4.69, 9.17) is 0 Å². The molecule has 172 valence electrons. The van der Waals surface area contributed by atoms with Crippen LogP contribution in [0.2, 0.25) is 0 Å². The third kappa shape index (κ3) is 5.07. The summed E-state index contributed by atoms with van der Waals surface area (Å²) in [6.45, 7) is 1.90. The second-order valence-corrected chi connectivity index (χ2v) is 7.55. The summed E-state index contributed by atoms with van der Waals surface area (Å²) in [5.41, 5.74) is 1.78. The number of halogens is 1. The number of benzene rings is 2. The van der Waals surface area contributed by atoms with E-state index in [2.05, 4.69) is 20.6 Å². The zero-order chi connectivity index (χ0) is 24.1. The molecule has 2 aromatic heterocycles. The molecule has 0 saturated heterocycles. The predicted octanol–water partition coefficient (Wildman–Crippen LogP) is 4.42. The number of rotatable bonds is 8. The highest BCUT2D eigenvalue weighted by atomic mass is 19.1. The van der Waals surface area contributed by atoms with Crippen molar-refractivity contribution < 1.29 is 14.1 Å². The summed E-state index contributed by atoms with van der Waals surface area (Å²) in [5, 5.41) is 17.4. The smallest absolute Gasteiger partial charge is 0.293 e. The van der Waals surface area contributed by atoms with Gasteiger partial charge in [0, 0.05) is 36.8 Å². The fourth-order valence-electron chi connectivity index (χ4n) is 3.44. The number of nitro groups is 1. The normalized spacial score (nSPS) is 11.6. The van der Waals surface area contributed by atoms with Gasteiger partial charge in [-0.05, 0) is 48.9 Å². The number of carbonyl (C=O) groups excluding carboxylic acids is 1. The highest BCUT2D eigenvalue weighted by Crippen LogP contribution is 2.29. The number of imidazole rings is 1. The summed E-state index contributed by atoms with van der Waals surface area (Å²) in [6.07, 6.45) is 6.31. The third-order valence-electron chi connectivity index (χ3n) is 5.21. The van der Waals surface area contributed by atoms with Crippen LogP contribution in [0.15, 0.2) is 79.5 Å². The van der Waals surface area contributed by atoms with Crippen LogP contribution in [0.3, 0.4) is 0 Å². The van der Waals surface area contributed by atoms with Crippen LogP contribution in [0.25, 0.3) is 5.69 Å². The molecule has 2 heterocycles. The molecule has 0 bridgehead atoms. The molecule has 0 aliphatic carbocycles. The van der Waals surface area contributed by atoms with Gasteiger partial charge in [-0.3, -0.25) is 19.9 Å². The summed E-state index contributed by atoms with van der Waals surface area (Å²) in [4.78, 5) is 31.8. The number of nitro benzene ring substituents is 1. The van der Waals surface area contributed by atoms with Crippen LogP contribution >= 0.6 is 0 Å². The Morgan fingerprint density at radius 2 is 2.03 bits per heavy atom. The molecule has 4 rings (SSSR count). The van der Waals surface area contributed by atoms with Crippen LogP contribution in [0.1, 0.15) is 34.6 Å². The zero-order valence-electron chi connectivity index (χ0n) is 18.2. The number of nitrogens with zero attached hydrogens (tertiary/aromatic N) is 4. The fraction of sp³-hybridized carbons (Fsp3) is 0.125. The first-order chi connectivity index (χ1) is 16.4. The van der Waals surface area contributed by atoms with Gasteiger partial charge in [0.05, 0.1) is 28.7 Å². The lowest BCUT2D eigenvalue weighted by Crippen LogP contribution is -2.23. The van der Waals surface area contributed by atoms with Crippen LogP contribution in [0.5, 0.6) is 0 Å². The van der Waals surface area contributed by atoms with Crippen LogP contribution < -0.4 is 10.6 Å². The van der Waals surface area contributed by atoms with Crippen molar-refractivity contribution in [3.05, 3.63) is 112 Å². The van der Waals surface area contributed by atoms with E-state index in [1.165, 1.54) is 30.6 Å². The Bertz CT molecular complexity index is 1310. The number of aromatic nitrogens is 3. The maximum Gasteiger partial charge on any atom is 0.293 e. The van der Waals surface area contributed by atoms with Gasteiger partial charge in [0.2, 0.25) is 0 Å². The van der Waals surface area contributed by atoms with Crippen molar-refractivity contribution in [2.45, 2.75) is 19.5 Å². The Labute approximate surface area is 194 Å². The van der Waals surface area contributed by atoms with E-state index in [0.717, 1.165) is 5.69 Å². The van der Waals surface area contributed by atoms with E-state index >= 15 is 0 Å². The Morgan fingerprint density at radius 1 is 1.18 bits per heavy atom. The van der Waals surface area contributed by atoms with Crippen molar-refractivity contribution in [2.24, 2.45) is 0 Å². The molecule has 0 aliphatic rings. The summed E-state index contributed by atoms with van der Waals surface area (Å²) >= 11 is 0. The molecule has 1 amide bonds. The van der Waals surface area contributed by atoms with Gasteiger partial charge < -0.3 is 15.2 Å². The van der Waals surface area contributed by atoms with Crippen molar-refractivity contribution in [1.29, 1.82) is 0 Å². The molecule has 10 heteroatoms. The number of anilines is 1. The van der Waals surface area contributed by atoms with E-state index in [-0.39, 0.29) is 29.5 Å². The number of hydrogen-bond donors (Lipinski definition) is 2. The number of pyridine rings is 1. The molecule has 0 saturated carbocycles. The SMILES string of the molecule is CC(Nc1ccc(C(=O)NCc2ccc(-n3ccnc3)c(F)c2)cc1[N+](=O)[O-])c1ccccn1. The minimum Gasteiger partial charge on any atom is -0.371 e. The number of hydrogen-bond acceptors (Lipinski definition) is 6. The van der Waals surface area contributed by atoms with Gasteiger partial charge in [-0.2, -0.15) is 0 Å². The van der Waals surface area contributed by atoms with E-state index < -0.39 is 16.6 Å². The summed E-state index contributed by atoms with van der Waals surface area (Å²) in [6, 6.07) is 14.0. The quantitative estimate of drug-likeness (QED) is 0.297. The number of carbonyl (C=O) groups is 1. The third-order valence-corrected chi connectivity index (χ3v) is 5.21. The predicted molar refractivity (Wildman–Crippen MR) is 124 cm³/mol. The summed E-state index contributed by atoms with van der Waals surface area (Å²) in [5.74, 6) is -0.968. The van der Waals surface area contributed by atoms with E-state index in [9.17, 15) is 19.3 Å². The van der Waals surface area contributed by atoms with Crippen molar-refractivity contribution in [2.75, 3.05) is 5.32 Å². The topological polar surface area (TPSA) is 115 Å². The van der Waals surface area contributed by atoms with Crippen LogP contribution in [-0.4, -0.2) is 25.4 Å². The molecular weight excluding hydrogens is 439 g/mol. The molecule has 0 spiro atoms. The van der Waals surface area contributed by atoms with Gasteiger partial charge in [0.15, 0.2) is 0 Å². The van der Waals surface area contributed by atoms with Gasteiger partial charge >= 0.3 is 0 Å². The maximum atomic E-state index is 14.4. The van der Waals surface area contributed by atoms with Crippen LogP contribution in [-0.2, 0) is 6.54 Å². The first-order valence-corrected chi connectivity index (χ1v) is 10.4. The van der Waals surface area contributed by atoms with Gasteiger partial charge in [0.25, 0.3) is 11.6 Å². The highest BCUT2D eigenvalue weighted by molar-refractivity contribution is 5.95. The summed E-state index contributed by atoms with van der Waals surface area (Å²) < 4.78 is 16.0. The lowest BCUT2D eigenvalue weighted by atomic mass is 10.1. The van der Waals surface area contributed by atoms with Gasteiger partial charge in [-0.15, -0.1) is 0 Å². The standard InChI is InChI=1S/C24H21FN6O3/c1-16(20-4-2-3-9-27-20)29-21-7-6-18(13-23(21)31(33)34)24(32)28-14-17-5-8-22(19(25)12-17)30-11-10-26-15-30/h2-13,15-16,29H,14H2,1H3,(H,28,32). The number of nitrogens with one attached hydrogen (secondary N) is 2. The lowest BCUT2D eigenvalue weighted by Gasteiger charge is -2.15. The fourth-order valence-corrected chi connectivity index (χ4v) is 3.44. The van der Waals surface area contributed by atoms with Crippen molar-refractivity contribution in [3.8, 4) is 5.69 Å². The first-order valence-electron chi connectivity index (χ1n) is 10.4. The molecule has 1 atom stereocenters. The van der Waals surface area contributed by atoms with Gasteiger partial charge in [0.1, 0.15) is 11.5 Å². The molecule has 9 nitrogen and oxygen atoms in total. The van der Waals surface area contributed by atoms with Gasteiger partial charge in [-0.25, -0.2) is 9.37 Å². The minimum absolute atomic E-state index is 0.0600. The number of amides is 1. The molecule has 1 unspecified atom stereocenters. The second-order valence-electron chi connectivity index (χ2n) is 7.55. The van der Waals surface area contributed by atoms with Gasteiger partial charge in [-0.1, -0.05) is 12.1 Å². The molecule has 2 N–H and O–H groups in total. The monoisotopic (exact) mass is 460 g/mol. The van der Waals surface area contributed by atoms with Crippen LogP contribution in [0.4, 0.5) is 15.8 Å². The molecular formula is C24H21FN6O3. The largest absolute Gasteiger partial charge is 0.371 e. The molecule has 4 aromatic rings. The Kier molecular flexibility index (Phi) is 6.58.